The van der Waals surface area contributed by atoms with Crippen LogP contribution in [0.15, 0.2) is 23.6 Å². The minimum absolute atomic E-state index is 0.0781. The zero-order valence-corrected chi connectivity index (χ0v) is 11.0. The minimum Gasteiger partial charge on any atom is -0.484 e. The van der Waals surface area contributed by atoms with Gasteiger partial charge in [0.1, 0.15) is 11.9 Å². The van der Waals surface area contributed by atoms with Gasteiger partial charge in [-0.15, -0.1) is 11.3 Å². The molecule has 0 fully saturated rings. The van der Waals surface area contributed by atoms with Crippen LogP contribution in [0.5, 0.6) is 5.75 Å². The van der Waals surface area contributed by atoms with E-state index >= 15 is 0 Å². The number of nitrogen functional groups attached to an aromatic ring is 1. The lowest BCUT2D eigenvalue weighted by atomic mass is 10.1. The molecule has 2 rings (SSSR count). The third kappa shape index (κ3) is 2.77. The van der Waals surface area contributed by atoms with E-state index in [2.05, 4.69) is 24.9 Å². The lowest BCUT2D eigenvalue weighted by Gasteiger charge is -2.13. The lowest BCUT2D eigenvalue weighted by molar-refractivity contribution is 0.222. The van der Waals surface area contributed by atoms with Crippen LogP contribution >= 0.6 is 11.3 Å². The average molecular weight is 248 g/mol. The van der Waals surface area contributed by atoms with Crippen molar-refractivity contribution in [2.24, 2.45) is 0 Å². The number of aromatic nitrogens is 1. The van der Waals surface area contributed by atoms with Gasteiger partial charge in [-0.3, -0.25) is 0 Å². The summed E-state index contributed by atoms with van der Waals surface area (Å²) in [6, 6.07) is 6.09. The molecule has 0 aliphatic rings. The van der Waals surface area contributed by atoms with Crippen LogP contribution < -0.4 is 10.5 Å². The quantitative estimate of drug-likeness (QED) is 0.904. The van der Waals surface area contributed by atoms with Gasteiger partial charge >= 0.3 is 0 Å². The largest absolute Gasteiger partial charge is 0.484 e. The molecular formula is C13H16N2OS. The van der Waals surface area contributed by atoms with E-state index in [4.69, 9.17) is 10.5 Å². The van der Waals surface area contributed by atoms with Crippen LogP contribution in [0.4, 0.5) is 5.13 Å². The number of hydrogen-bond donors (Lipinski definition) is 1. The van der Waals surface area contributed by atoms with E-state index in [1.165, 1.54) is 22.5 Å². The molecule has 1 aromatic heterocycles. The van der Waals surface area contributed by atoms with Crippen LogP contribution in [-0.4, -0.2) is 4.98 Å². The standard InChI is InChI=1S/C13H16N2OS/c1-8-4-5-11(6-9(8)2)16-10(3)12-7-17-13(14)15-12/h4-7,10H,1-3H3,(H2,14,15). The zero-order chi connectivity index (χ0) is 12.4. The first-order valence-electron chi connectivity index (χ1n) is 5.51. The molecule has 1 aromatic carbocycles. The summed E-state index contributed by atoms with van der Waals surface area (Å²) < 4.78 is 5.84. The highest BCUT2D eigenvalue weighted by atomic mass is 32.1. The van der Waals surface area contributed by atoms with E-state index in [1.54, 1.807) is 0 Å². The van der Waals surface area contributed by atoms with Crippen molar-refractivity contribution in [1.29, 1.82) is 0 Å². The van der Waals surface area contributed by atoms with Gasteiger partial charge in [0, 0.05) is 5.38 Å². The first-order chi connectivity index (χ1) is 8.06. The molecule has 0 aliphatic heterocycles. The van der Waals surface area contributed by atoms with Crippen LogP contribution in [0.3, 0.4) is 0 Å². The molecule has 2 N–H and O–H groups in total. The fourth-order valence-corrected chi connectivity index (χ4v) is 2.18. The van der Waals surface area contributed by atoms with Crippen molar-refractivity contribution in [3.63, 3.8) is 0 Å². The molecule has 1 atom stereocenters. The predicted octanol–water partition coefficient (Wildman–Crippen LogP) is 3.48. The maximum absolute atomic E-state index is 5.84. The Kier molecular flexibility index (Phi) is 3.33. The summed E-state index contributed by atoms with van der Waals surface area (Å²) in [4.78, 5) is 4.22. The summed E-state index contributed by atoms with van der Waals surface area (Å²) in [6.45, 7) is 6.14. The van der Waals surface area contributed by atoms with E-state index in [-0.39, 0.29) is 6.10 Å². The average Bonchev–Trinajstić information content (AvgIpc) is 2.70. The number of hydrogen-bond acceptors (Lipinski definition) is 4. The minimum atomic E-state index is -0.0781. The molecule has 0 saturated carbocycles. The number of rotatable bonds is 3. The second-order valence-electron chi connectivity index (χ2n) is 4.12. The summed E-state index contributed by atoms with van der Waals surface area (Å²) in [7, 11) is 0. The maximum Gasteiger partial charge on any atom is 0.180 e. The van der Waals surface area contributed by atoms with E-state index < -0.39 is 0 Å². The molecule has 0 amide bonds. The summed E-state index contributed by atoms with van der Waals surface area (Å²) in [5.41, 5.74) is 8.98. The number of thiazole rings is 1. The molecule has 0 radical (unpaired) electrons. The SMILES string of the molecule is Cc1ccc(OC(C)c2csc(N)n2)cc1C. The Morgan fingerprint density at radius 3 is 2.65 bits per heavy atom. The smallest absolute Gasteiger partial charge is 0.180 e. The highest BCUT2D eigenvalue weighted by Gasteiger charge is 2.11. The van der Waals surface area contributed by atoms with Crippen molar-refractivity contribution < 1.29 is 4.74 Å². The molecule has 17 heavy (non-hydrogen) atoms. The molecule has 1 unspecified atom stereocenters. The molecule has 0 bridgehead atoms. The molecule has 0 aliphatic carbocycles. The summed E-state index contributed by atoms with van der Waals surface area (Å²) in [5, 5.41) is 2.51. The monoisotopic (exact) mass is 248 g/mol. The van der Waals surface area contributed by atoms with Crippen LogP contribution in [0.25, 0.3) is 0 Å². The summed E-state index contributed by atoms with van der Waals surface area (Å²) in [6.07, 6.45) is -0.0781. The fraction of sp³-hybridized carbons (Fsp3) is 0.308. The van der Waals surface area contributed by atoms with Crippen molar-refractivity contribution in [3.8, 4) is 5.75 Å². The summed E-state index contributed by atoms with van der Waals surface area (Å²) >= 11 is 1.44. The van der Waals surface area contributed by atoms with Crippen LogP contribution in [0, 0.1) is 13.8 Å². The van der Waals surface area contributed by atoms with Gasteiger partial charge in [-0.1, -0.05) is 6.07 Å². The molecule has 90 valence electrons. The Morgan fingerprint density at radius 2 is 2.06 bits per heavy atom. The molecule has 4 heteroatoms. The highest BCUT2D eigenvalue weighted by molar-refractivity contribution is 7.13. The molecule has 2 aromatic rings. The van der Waals surface area contributed by atoms with Gasteiger partial charge in [-0.2, -0.15) is 0 Å². The third-order valence-corrected chi connectivity index (χ3v) is 3.44. The highest BCUT2D eigenvalue weighted by Crippen LogP contribution is 2.25. The van der Waals surface area contributed by atoms with Crippen molar-refractivity contribution in [1.82, 2.24) is 4.98 Å². The third-order valence-electron chi connectivity index (χ3n) is 2.75. The Morgan fingerprint density at radius 1 is 1.29 bits per heavy atom. The number of nitrogens with two attached hydrogens (primary N) is 1. The first-order valence-corrected chi connectivity index (χ1v) is 6.39. The summed E-state index contributed by atoms with van der Waals surface area (Å²) in [5.74, 6) is 0.868. The topological polar surface area (TPSA) is 48.1 Å². The number of ether oxygens (including phenoxy) is 1. The predicted molar refractivity (Wildman–Crippen MR) is 71.5 cm³/mol. The van der Waals surface area contributed by atoms with Gasteiger partial charge in [0.05, 0.1) is 5.69 Å². The number of benzene rings is 1. The van der Waals surface area contributed by atoms with Crippen molar-refractivity contribution in [3.05, 3.63) is 40.4 Å². The van der Waals surface area contributed by atoms with E-state index in [9.17, 15) is 0 Å². The normalized spacial score (nSPS) is 12.4. The van der Waals surface area contributed by atoms with Gasteiger partial charge in [-0.05, 0) is 44.0 Å². The van der Waals surface area contributed by atoms with Gasteiger partial charge in [0.25, 0.3) is 0 Å². The van der Waals surface area contributed by atoms with Gasteiger partial charge in [0.15, 0.2) is 5.13 Å². The number of aryl methyl sites for hydroxylation is 2. The van der Waals surface area contributed by atoms with Crippen molar-refractivity contribution in [2.45, 2.75) is 26.9 Å². The van der Waals surface area contributed by atoms with E-state index in [0.717, 1.165) is 11.4 Å². The van der Waals surface area contributed by atoms with E-state index in [0.29, 0.717) is 5.13 Å². The maximum atomic E-state index is 5.84. The van der Waals surface area contributed by atoms with Crippen molar-refractivity contribution >= 4 is 16.5 Å². The van der Waals surface area contributed by atoms with Crippen molar-refractivity contribution in [2.75, 3.05) is 5.73 Å². The molecule has 0 spiro atoms. The Bertz CT molecular complexity index is 522. The van der Waals surface area contributed by atoms with Gasteiger partial charge in [0.2, 0.25) is 0 Å². The molecule has 0 saturated heterocycles. The lowest BCUT2D eigenvalue weighted by Crippen LogP contribution is -2.04. The van der Waals surface area contributed by atoms with Crippen LogP contribution in [0.1, 0.15) is 29.8 Å². The van der Waals surface area contributed by atoms with E-state index in [1.807, 2.05) is 24.4 Å². The number of anilines is 1. The fourth-order valence-electron chi connectivity index (χ4n) is 1.54. The second-order valence-corrected chi connectivity index (χ2v) is 5.01. The molecular weight excluding hydrogens is 232 g/mol. The second kappa shape index (κ2) is 4.75. The first kappa shape index (κ1) is 11.9. The number of nitrogens with zero attached hydrogens (tertiary/aromatic N) is 1. The Hall–Kier alpha value is -1.55. The Balaban J connectivity index is 2.12. The molecule has 1 heterocycles. The molecule has 3 nitrogen and oxygen atoms in total. The van der Waals surface area contributed by atoms with Crippen LogP contribution in [-0.2, 0) is 0 Å². The van der Waals surface area contributed by atoms with Gasteiger partial charge < -0.3 is 10.5 Å². The zero-order valence-electron chi connectivity index (χ0n) is 10.2. The van der Waals surface area contributed by atoms with Crippen LogP contribution in [0.2, 0.25) is 0 Å². The van der Waals surface area contributed by atoms with Gasteiger partial charge in [-0.25, -0.2) is 4.98 Å². The Labute approximate surface area is 105 Å².